The van der Waals surface area contributed by atoms with Gasteiger partial charge in [-0.3, -0.25) is 9.69 Å². The maximum Gasteiger partial charge on any atom is 0.416 e. The van der Waals surface area contributed by atoms with Crippen LogP contribution in [-0.4, -0.2) is 43.7 Å². The van der Waals surface area contributed by atoms with Crippen LogP contribution >= 0.6 is 0 Å². The van der Waals surface area contributed by atoms with Gasteiger partial charge in [0, 0.05) is 19.6 Å². The minimum Gasteiger partial charge on any atom is -0.453 e. The van der Waals surface area contributed by atoms with E-state index in [9.17, 15) is 18.0 Å². The van der Waals surface area contributed by atoms with Crippen LogP contribution in [0.5, 0.6) is 11.5 Å². The van der Waals surface area contributed by atoms with Gasteiger partial charge in [-0.15, -0.1) is 0 Å². The fourth-order valence-corrected chi connectivity index (χ4v) is 3.23. The fourth-order valence-electron chi connectivity index (χ4n) is 3.23. The summed E-state index contributed by atoms with van der Waals surface area (Å²) in [7, 11) is 0. The molecule has 154 valence electrons. The molecule has 4 rings (SSSR count). The van der Waals surface area contributed by atoms with Crippen molar-refractivity contribution in [1.29, 1.82) is 0 Å². The highest BCUT2D eigenvalue weighted by Crippen LogP contribution is 2.44. The highest BCUT2D eigenvalue weighted by Gasteiger charge is 2.32. The minimum absolute atomic E-state index is 0.0937. The van der Waals surface area contributed by atoms with Crippen LogP contribution in [0.1, 0.15) is 11.1 Å². The molecule has 0 aromatic heterocycles. The SMILES string of the molecule is O=C(CN1CCOCC1)NCc1ccc2c(c1)Oc1cc(C(F)(F)F)ccc1N2. The summed E-state index contributed by atoms with van der Waals surface area (Å²) < 4.78 is 49.8. The predicted octanol–water partition coefficient (Wildman–Crippen LogP) is 3.50. The summed E-state index contributed by atoms with van der Waals surface area (Å²) in [5, 5.41) is 5.92. The lowest BCUT2D eigenvalue weighted by molar-refractivity contribution is -0.137. The smallest absolute Gasteiger partial charge is 0.416 e. The van der Waals surface area contributed by atoms with E-state index in [-0.39, 0.29) is 11.7 Å². The number of nitrogens with zero attached hydrogens (tertiary/aromatic N) is 1. The minimum atomic E-state index is -4.44. The van der Waals surface area contributed by atoms with E-state index < -0.39 is 11.7 Å². The first-order valence-corrected chi connectivity index (χ1v) is 9.24. The number of ether oxygens (including phenoxy) is 2. The van der Waals surface area contributed by atoms with Crippen LogP contribution in [0.15, 0.2) is 36.4 Å². The second-order valence-corrected chi connectivity index (χ2v) is 6.93. The molecule has 0 atom stereocenters. The van der Waals surface area contributed by atoms with Gasteiger partial charge in [0.25, 0.3) is 0 Å². The molecule has 2 aliphatic heterocycles. The molecule has 0 aliphatic carbocycles. The number of hydrogen-bond acceptors (Lipinski definition) is 5. The zero-order chi connectivity index (χ0) is 20.4. The van der Waals surface area contributed by atoms with Gasteiger partial charge in [0.2, 0.25) is 5.91 Å². The third-order valence-corrected chi connectivity index (χ3v) is 4.80. The molecule has 1 saturated heterocycles. The lowest BCUT2D eigenvalue weighted by atomic mass is 10.1. The topological polar surface area (TPSA) is 62.8 Å². The first-order valence-electron chi connectivity index (χ1n) is 9.24. The number of benzene rings is 2. The molecule has 0 radical (unpaired) electrons. The van der Waals surface area contributed by atoms with Crippen molar-refractivity contribution in [1.82, 2.24) is 10.2 Å². The Bertz CT molecular complexity index is 912. The van der Waals surface area contributed by atoms with Gasteiger partial charge in [0.05, 0.1) is 36.7 Å². The van der Waals surface area contributed by atoms with Crippen LogP contribution in [0.4, 0.5) is 24.5 Å². The van der Waals surface area contributed by atoms with Crippen LogP contribution in [0.2, 0.25) is 0 Å². The Kier molecular flexibility index (Phi) is 5.33. The van der Waals surface area contributed by atoms with Gasteiger partial charge in [-0.05, 0) is 35.9 Å². The molecular weight excluding hydrogens is 387 g/mol. The summed E-state index contributed by atoms with van der Waals surface area (Å²) >= 11 is 0. The molecule has 0 spiro atoms. The van der Waals surface area contributed by atoms with Gasteiger partial charge in [0.15, 0.2) is 11.5 Å². The molecule has 0 bridgehead atoms. The Morgan fingerprint density at radius 3 is 2.48 bits per heavy atom. The largest absolute Gasteiger partial charge is 0.453 e. The number of carbonyl (C=O) groups is 1. The Morgan fingerprint density at radius 2 is 1.76 bits per heavy atom. The summed E-state index contributed by atoms with van der Waals surface area (Å²) in [6, 6.07) is 8.65. The van der Waals surface area contributed by atoms with Crippen molar-refractivity contribution in [2.24, 2.45) is 0 Å². The average molecular weight is 407 g/mol. The molecule has 6 nitrogen and oxygen atoms in total. The van der Waals surface area contributed by atoms with Gasteiger partial charge in [-0.1, -0.05) is 6.07 Å². The number of carbonyl (C=O) groups excluding carboxylic acids is 1. The Balaban J connectivity index is 1.40. The summed E-state index contributed by atoms with van der Waals surface area (Å²) in [5.74, 6) is 0.432. The normalized spacial score (nSPS) is 16.2. The van der Waals surface area contributed by atoms with Gasteiger partial charge in [0.1, 0.15) is 0 Å². The van der Waals surface area contributed by atoms with Gasteiger partial charge < -0.3 is 20.1 Å². The molecule has 2 aromatic carbocycles. The standard InChI is InChI=1S/C20H20F3N3O3/c21-20(22,23)14-2-4-16-18(10-14)29-17-9-13(1-3-15(17)25-16)11-24-19(27)12-26-5-7-28-8-6-26/h1-4,9-10,25H,5-8,11-12H2,(H,24,27). The zero-order valence-electron chi connectivity index (χ0n) is 15.5. The third kappa shape index (κ3) is 4.63. The van der Waals surface area contributed by atoms with E-state index in [1.54, 1.807) is 12.1 Å². The Morgan fingerprint density at radius 1 is 1.07 bits per heavy atom. The van der Waals surface area contributed by atoms with E-state index in [1.807, 2.05) is 11.0 Å². The molecule has 1 amide bonds. The number of fused-ring (bicyclic) bond motifs is 2. The molecule has 2 N–H and O–H groups in total. The van der Waals surface area contributed by atoms with Gasteiger partial charge in [-0.2, -0.15) is 13.2 Å². The van der Waals surface area contributed by atoms with E-state index in [0.29, 0.717) is 43.4 Å². The first kappa shape index (κ1) is 19.5. The number of morpholine rings is 1. The molecule has 0 saturated carbocycles. The van der Waals surface area contributed by atoms with Gasteiger partial charge >= 0.3 is 6.18 Å². The second-order valence-electron chi connectivity index (χ2n) is 6.93. The quantitative estimate of drug-likeness (QED) is 0.693. The van der Waals surface area contributed by atoms with E-state index in [2.05, 4.69) is 10.6 Å². The number of rotatable bonds is 4. The number of anilines is 2. The third-order valence-electron chi connectivity index (χ3n) is 4.80. The number of hydrogen-bond donors (Lipinski definition) is 2. The number of halogens is 3. The van der Waals surface area contributed by atoms with Crippen molar-refractivity contribution in [3.05, 3.63) is 47.5 Å². The maximum atomic E-state index is 12.9. The highest BCUT2D eigenvalue weighted by atomic mass is 19.4. The van der Waals surface area contributed by atoms with Crippen LogP contribution in [0.3, 0.4) is 0 Å². The van der Waals surface area contributed by atoms with E-state index in [0.717, 1.165) is 30.8 Å². The van der Waals surface area contributed by atoms with Gasteiger partial charge in [-0.25, -0.2) is 0 Å². The highest BCUT2D eigenvalue weighted by molar-refractivity contribution is 5.78. The van der Waals surface area contributed by atoms with Crippen molar-refractivity contribution in [2.75, 3.05) is 38.2 Å². The summed E-state index contributed by atoms with van der Waals surface area (Å²) in [4.78, 5) is 14.1. The molecule has 0 unspecified atom stereocenters. The lowest BCUT2D eigenvalue weighted by Gasteiger charge is -2.26. The van der Waals surface area contributed by atoms with Crippen LogP contribution in [0, 0.1) is 0 Å². The summed E-state index contributed by atoms with van der Waals surface area (Å²) in [6.07, 6.45) is -4.44. The van der Waals surface area contributed by atoms with Crippen LogP contribution in [0.25, 0.3) is 0 Å². The van der Waals surface area contributed by atoms with Crippen molar-refractivity contribution in [3.8, 4) is 11.5 Å². The van der Waals surface area contributed by atoms with E-state index in [1.165, 1.54) is 6.07 Å². The first-order chi connectivity index (χ1) is 13.9. The predicted molar refractivity (Wildman–Crippen MR) is 100 cm³/mol. The number of amides is 1. The van der Waals surface area contributed by atoms with E-state index >= 15 is 0 Å². The van der Waals surface area contributed by atoms with Crippen LogP contribution < -0.4 is 15.4 Å². The zero-order valence-corrected chi connectivity index (χ0v) is 15.5. The molecule has 2 heterocycles. The summed E-state index contributed by atoms with van der Waals surface area (Å²) in [6.45, 7) is 3.31. The second kappa shape index (κ2) is 7.92. The van der Waals surface area contributed by atoms with Crippen molar-refractivity contribution < 1.29 is 27.4 Å². The molecule has 2 aliphatic rings. The molecule has 29 heavy (non-hydrogen) atoms. The molecule has 9 heteroatoms. The van der Waals surface area contributed by atoms with Crippen LogP contribution in [-0.2, 0) is 22.3 Å². The average Bonchev–Trinajstić information content (AvgIpc) is 2.70. The van der Waals surface area contributed by atoms with Crippen molar-refractivity contribution in [3.63, 3.8) is 0 Å². The van der Waals surface area contributed by atoms with Crippen molar-refractivity contribution >= 4 is 17.3 Å². The van der Waals surface area contributed by atoms with Crippen molar-refractivity contribution in [2.45, 2.75) is 12.7 Å². The Labute approximate surface area is 165 Å². The Hall–Kier alpha value is -2.78. The molecule has 1 fully saturated rings. The number of alkyl halides is 3. The molecule has 2 aromatic rings. The lowest BCUT2D eigenvalue weighted by Crippen LogP contribution is -2.43. The monoisotopic (exact) mass is 407 g/mol. The number of nitrogens with one attached hydrogen (secondary N) is 2. The fraction of sp³-hybridized carbons (Fsp3) is 0.350. The van der Waals surface area contributed by atoms with E-state index in [4.69, 9.17) is 9.47 Å². The molecular formula is C20H20F3N3O3. The maximum absolute atomic E-state index is 12.9. The summed E-state index contributed by atoms with van der Waals surface area (Å²) in [5.41, 5.74) is 1.14.